The fourth-order valence-electron chi connectivity index (χ4n) is 4.66. The van der Waals surface area contributed by atoms with E-state index in [4.69, 9.17) is 14.5 Å². The van der Waals surface area contributed by atoms with E-state index >= 15 is 0 Å². The second kappa shape index (κ2) is 9.92. The molecule has 2 atom stereocenters. The Balaban J connectivity index is 1.64. The molecular formula is C26H34N4O2S. The summed E-state index contributed by atoms with van der Waals surface area (Å²) in [7, 11) is 1.93. The van der Waals surface area contributed by atoms with Crippen molar-refractivity contribution in [1.82, 2.24) is 4.98 Å². The first-order valence-corrected chi connectivity index (χ1v) is 12.7. The molecule has 2 unspecified atom stereocenters. The Bertz CT molecular complexity index is 1020. The first kappa shape index (κ1) is 23.9. The summed E-state index contributed by atoms with van der Waals surface area (Å²) in [6.07, 6.45) is 1.92. The number of hydrogen-bond acceptors (Lipinski definition) is 7. The van der Waals surface area contributed by atoms with Crippen LogP contribution in [0, 0.1) is 11.3 Å². The van der Waals surface area contributed by atoms with E-state index in [0.717, 1.165) is 64.9 Å². The summed E-state index contributed by atoms with van der Waals surface area (Å²) in [6.45, 7) is 10.5. The summed E-state index contributed by atoms with van der Waals surface area (Å²) in [6, 6.07) is 11.0. The van der Waals surface area contributed by atoms with Crippen molar-refractivity contribution in [2.75, 3.05) is 36.1 Å². The van der Waals surface area contributed by atoms with Gasteiger partial charge >= 0.3 is 0 Å². The van der Waals surface area contributed by atoms with Crippen molar-refractivity contribution in [3.63, 3.8) is 0 Å². The van der Waals surface area contributed by atoms with Gasteiger partial charge in [-0.1, -0.05) is 12.1 Å². The Morgan fingerprint density at radius 1 is 1.18 bits per heavy atom. The van der Waals surface area contributed by atoms with Crippen molar-refractivity contribution >= 4 is 23.3 Å². The molecule has 1 saturated heterocycles. The number of anilines is 2. The van der Waals surface area contributed by atoms with Crippen LogP contribution in [-0.4, -0.2) is 48.7 Å². The second-order valence-electron chi connectivity index (χ2n) is 9.62. The van der Waals surface area contributed by atoms with Gasteiger partial charge < -0.3 is 19.7 Å². The molecule has 0 aliphatic carbocycles. The van der Waals surface area contributed by atoms with Crippen LogP contribution >= 0.6 is 11.8 Å². The topological polar surface area (TPSA) is 70.4 Å². The highest BCUT2D eigenvalue weighted by Gasteiger charge is 2.34. The number of hydrogen-bond donors (Lipinski definition) is 1. The van der Waals surface area contributed by atoms with Crippen LogP contribution in [0.2, 0.25) is 0 Å². The normalized spacial score (nSPS) is 21.9. The van der Waals surface area contributed by atoms with Gasteiger partial charge in [0, 0.05) is 43.6 Å². The number of morpholine rings is 1. The van der Waals surface area contributed by atoms with Gasteiger partial charge in [-0.2, -0.15) is 5.26 Å². The van der Waals surface area contributed by atoms with Crippen molar-refractivity contribution < 1.29 is 9.47 Å². The summed E-state index contributed by atoms with van der Waals surface area (Å²) < 4.78 is 12.1. The number of fused-ring (bicyclic) bond motifs is 1. The van der Waals surface area contributed by atoms with Crippen LogP contribution in [0.4, 0.5) is 11.5 Å². The highest BCUT2D eigenvalue weighted by molar-refractivity contribution is 7.99. The Morgan fingerprint density at radius 3 is 2.52 bits per heavy atom. The maximum absolute atomic E-state index is 10.1. The fraction of sp³-hybridized carbons (Fsp3) is 0.538. The SMILES string of the molecule is CNc1ccc(CCSc2nc(N3CC(C)OC(C)C3)c3c(c2C#N)CC(C)(C)OC3)cc1. The van der Waals surface area contributed by atoms with Crippen LogP contribution in [0.25, 0.3) is 0 Å². The Labute approximate surface area is 201 Å². The smallest absolute Gasteiger partial charge is 0.135 e. The van der Waals surface area contributed by atoms with Gasteiger partial charge in [-0.05, 0) is 57.4 Å². The predicted octanol–water partition coefficient (Wildman–Crippen LogP) is 4.79. The monoisotopic (exact) mass is 466 g/mol. The van der Waals surface area contributed by atoms with Crippen LogP contribution in [-0.2, 0) is 28.9 Å². The van der Waals surface area contributed by atoms with Crippen molar-refractivity contribution in [1.29, 1.82) is 5.26 Å². The van der Waals surface area contributed by atoms with Gasteiger partial charge in [-0.15, -0.1) is 11.8 Å². The molecule has 1 aromatic heterocycles. The van der Waals surface area contributed by atoms with E-state index in [-0.39, 0.29) is 17.8 Å². The lowest BCUT2D eigenvalue weighted by atomic mass is 9.89. The zero-order valence-electron chi connectivity index (χ0n) is 20.3. The second-order valence-corrected chi connectivity index (χ2v) is 10.7. The summed E-state index contributed by atoms with van der Waals surface area (Å²) >= 11 is 1.68. The number of pyridine rings is 1. The number of nitrogens with one attached hydrogen (secondary N) is 1. The minimum atomic E-state index is -0.292. The van der Waals surface area contributed by atoms with Gasteiger partial charge in [0.2, 0.25) is 0 Å². The van der Waals surface area contributed by atoms with Crippen LogP contribution in [0.15, 0.2) is 29.3 Å². The number of aryl methyl sites for hydroxylation is 1. The third kappa shape index (κ3) is 5.46. The molecule has 1 fully saturated rings. The molecule has 1 aromatic carbocycles. The van der Waals surface area contributed by atoms with Crippen molar-refractivity contribution in [3.8, 4) is 6.07 Å². The van der Waals surface area contributed by atoms with E-state index in [1.54, 1.807) is 11.8 Å². The van der Waals surface area contributed by atoms with Gasteiger partial charge in [-0.25, -0.2) is 4.98 Å². The van der Waals surface area contributed by atoms with Crippen molar-refractivity contribution in [3.05, 3.63) is 46.5 Å². The lowest BCUT2D eigenvalue weighted by Gasteiger charge is -2.40. The van der Waals surface area contributed by atoms with Gasteiger partial charge in [0.15, 0.2) is 0 Å². The number of ether oxygens (including phenoxy) is 2. The number of nitriles is 1. The molecule has 0 bridgehead atoms. The zero-order valence-corrected chi connectivity index (χ0v) is 21.1. The van der Waals surface area contributed by atoms with Crippen LogP contribution < -0.4 is 10.2 Å². The first-order valence-electron chi connectivity index (χ1n) is 11.7. The highest BCUT2D eigenvalue weighted by atomic mass is 32.2. The van der Waals surface area contributed by atoms with Gasteiger partial charge in [-0.3, -0.25) is 0 Å². The molecule has 0 saturated carbocycles. The predicted molar refractivity (Wildman–Crippen MR) is 134 cm³/mol. The third-order valence-corrected chi connectivity index (χ3v) is 7.25. The molecule has 6 nitrogen and oxygen atoms in total. The summed E-state index contributed by atoms with van der Waals surface area (Å²) in [5.74, 6) is 1.83. The molecule has 2 aliphatic rings. The van der Waals surface area contributed by atoms with Gasteiger partial charge in [0.25, 0.3) is 0 Å². The standard InChI is InChI=1S/C26H34N4O2S/c1-17-14-30(15-18(2)32-17)24-23-16-31-26(3,4)12-21(23)22(13-27)25(29-24)33-11-10-19-6-8-20(28-5)9-7-19/h6-9,17-18,28H,10-12,14-16H2,1-5H3. The van der Waals surface area contributed by atoms with Crippen LogP contribution in [0.3, 0.4) is 0 Å². The van der Waals surface area contributed by atoms with E-state index in [2.05, 4.69) is 68.2 Å². The molecule has 0 amide bonds. The maximum atomic E-state index is 10.1. The summed E-state index contributed by atoms with van der Waals surface area (Å²) in [5, 5.41) is 14.1. The number of benzene rings is 1. The molecule has 176 valence electrons. The summed E-state index contributed by atoms with van der Waals surface area (Å²) in [5.41, 5.74) is 4.99. The third-order valence-electron chi connectivity index (χ3n) is 6.27. The highest BCUT2D eigenvalue weighted by Crippen LogP contribution is 2.39. The number of aromatic nitrogens is 1. The Hall–Kier alpha value is -2.27. The molecule has 0 spiro atoms. The average Bonchev–Trinajstić information content (AvgIpc) is 2.77. The number of thioether (sulfide) groups is 1. The average molecular weight is 467 g/mol. The summed E-state index contributed by atoms with van der Waals surface area (Å²) in [4.78, 5) is 7.40. The molecule has 4 rings (SSSR count). The van der Waals surface area contributed by atoms with Crippen molar-refractivity contribution in [2.45, 2.75) is 70.0 Å². The van der Waals surface area contributed by atoms with Crippen molar-refractivity contribution in [2.24, 2.45) is 0 Å². The molecule has 33 heavy (non-hydrogen) atoms. The molecule has 3 heterocycles. The van der Waals surface area contributed by atoms with Gasteiger partial charge in [0.05, 0.1) is 30.0 Å². The quantitative estimate of drug-likeness (QED) is 0.614. The molecule has 7 heteroatoms. The maximum Gasteiger partial charge on any atom is 0.135 e. The molecule has 2 aromatic rings. The van der Waals surface area contributed by atoms with Gasteiger partial charge in [0.1, 0.15) is 16.9 Å². The lowest BCUT2D eigenvalue weighted by molar-refractivity contribution is -0.0407. The molecule has 1 N–H and O–H groups in total. The Kier molecular flexibility index (Phi) is 7.18. The van der Waals surface area contributed by atoms with E-state index < -0.39 is 0 Å². The van der Waals surface area contributed by atoms with E-state index in [9.17, 15) is 5.26 Å². The molecular weight excluding hydrogens is 432 g/mol. The number of nitrogens with zero attached hydrogens (tertiary/aromatic N) is 3. The molecule has 2 aliphatic heterocycles. The first-order chi connectivity index (χ1) is 15.8. The van der Waals surface area contributed by atoms with Crippen LogP contribution in [0.5, 0.6) is 0 Å². The Morgan fingerprint density at radius 2 is 1.88 bits per heavy atom. The minimum Gasteiger partial charge on any atom is -0.388 e. The largest absolute Gasteiger partial charge is 0.388 e. The van der Waals surface area contributed by atoms with Crippen LogP contribution in [0.1, 0.15) is 49.9 Å². The van der Waals surface area contributed by atoms with E-state index in [0.29, 0.717) is 6.61 Å². The fourth-order valence-corrected chi connectivity index (χ4v) is 5.66. The minimum absolute atomic E-state index is 0.138. The molecule has 0 radical (unpaired) electrons. The number of rotatable bonds is 6. The zero-order chi connectivity index (χ0) is 23.6. The van der Waals surface area contributed by atoms with E-state index in [1.165, 1.54) is 5.56 Å². The lowest BCUT2D eigenvalue weighted by Crippen LogP contribution is -2.47. The van der Waals surface area contributed by atoms with E-state index in [1.807, 2.05) is 7.05 Å².